The van der Waals surface area contributed by atoms with E-state index in [1.807, 2.05) is 48.5 Å². The van der Waals surface area contributed by atoms with Crippen molar-refractivity contribution in [2.45, 2.75) is 38.6 Å². The van der Waals surface area contributed by atoms with E-state index in [0.717, 1.165) is 5.56 Å². The average molecular weight is 499 g/mol. The van der Waals surface area contributed by atoms with Gasteiger partial charge in [-0.1, -0.05) is 78.9 Å². The summed E-state index contributed by atoms with van der Waals surface area (Å²) in [6.07, 6.45) is -1.30. The van der Waals surface area contributed by atoms with Crippen molar-refractivity contribution in [3.05, 3.63) is 102 Å². The summed E-state index contributed by atoms with van der Waals surface area (Å²) in [6, 6.07) is 24.4. The zero-order chi connectivity index (χ0) is 26.6. The maximum Gasteiger partial charge on any atom is 0.320 e. The molecule has 2 amide bonds. The monoisotopic (exact) mass is 498 g/mol. The van der Waals surface area contributed by atoms with Crippen molar-refractivity contribution in [3.63, 3.8) is 0 Å². The van der Waals surface area contributed by atoms with Crippen LogP contribution in [0.5, 0.6) is 0 Å². The van der Waals surface area contributed by atoms with E-state index in [-0.39, 0.29) is 0 Å². The number of carbonyl (C=O) groups is 3. The third kappa shape index (κ3) is 6.10. The summed E-state index contributed by atoms with van der Waals surface area (Å²) in [5, 5.41) is 5.47. The number of ether oxygens (including phenoxy) is 1. The van der Waals surface area contributed by atoms with Gasteiger partial charge >= 0.3 is 5.97 Å². The molecule has 3 aromatic carbocycles. The Morgan fingerprint density at radius 3 is 2.19 bits per heavy atom. The van der Waals surface area contributed by atoms with E-state index in [9.17, 15) is 14.4 Å². The summed E-state index contributed by atoms with van der Waals surface area (Å²) in [5.41, 5.74) is 8.74. The summed E-state index contributed by atoms with van der Waals surface area (Å²) in [5.74, 6) is -3.49. The highest BCUT2D eigenvalue weighted by atomic mass is 16.6. The Morgan fingerprint density at radius 2 is 1.54 bits per heavy atom. The summed E-state index contributed by atoms with van der Waals surface area (Å²) >= 11 is 0. The lowest BCUT2D eigenvalue weighted by Gasteiger charge is -2.27. The predicted octanol–water partition coefficient (Wildman–Crippen LogP) is 3.58. The molecule has 37 heavy (non-hydrogen) atoms. The molecule has 3 aromatic rings. The van der Waals surface area contributed by atoms with Gasteiger partial charge in [0.2, 0.25) is 12.1 Å². The highest BCUT2D eigenvalue weighted by Gasteiger charge is 2.39. The van der Waals surface area contributed by atoms with Crippen LogP contribution in [0.25, 0.3) is 0 Å². The number of rotatable bonds is 6. The number of anilines is 1. The minimum atomic E-state index is -1.41. The number of nitrogens with zero attached hydrogens (tertiary/aromatic N) is 1. The smallest absolute Gasteiger partial charge is 0.320 e. The Hall–Kier alpha value is -4.30. The molecule has 8 nitrogen and oxygen atoms in total. The molecule has 0 radical (unpaired) electrons. The van der Waals surface area contributed by atoms with Crippen molar-refractivity contribution in [3.8, 4) is 0 Å². The van der Waals surface area contributed by atoms with Gasteiger partial charge in [0.15, 0.2) is 5.92 Å². The number of hydrogen-bond acceptors (Lipinski definition) is 6. The molecule has 0 saturated carbocycles. The molecule has 0 aliphatic carbocycles. The van der Waals surface area contributed by atoms with Crippen LogP contribution < -0.4 is 16.4 Å². The van der Waals surface area contributed by atoms with Gasteiger partial charge in [-0.05, 0) is 32.4 Å². The molecular formula is C29H30N4O4. The maximum atomic E-state index is 13.6. The molecule has 190 valence electrons. The second kappa shape index (κ2) is 10.8. The van der Waals surface area contributed by atoms with Gasteiger partial charge < -0.3 is 21.1 Å². The number of aliphatic imine (C=N–C) groups is 1. The largest absolute Gasteiger partial charge is 0.459 e. The van der Waals surface area contributed by atoms with Gasteiger partial charge in [-0.25, -0.2) is 4.99 Å². The first-order chi connectivity index (χ1) is 17.6. The fraction of sp³-hybridized carbons (Fsp3) is 0.241. The minimum Gasteiger partial charge on any atom is -0.459 e. The van der Waals surface area contributed by atoms with Crippen molar-refractivity contribution in [1.29, 1.82) is 0 Å². The van der Waals surface area contributed by atoms with Crippen LogP contribution in [0.3, 0.4) is 0 Å². The fourth-order valence-corrected chi connectivity index (χ4v) is 4.06. The number of carbonyl (C=O) groups excluding carboxylic acids is 3. The molecule has 0 aromatic heterocycles. The molecule has 0 bridgehead atoms. The van der Waals surface area contributed by atoms with Crippen LogP contribution in [0.15, 0.2) is 89.9 Å². The number of para-hydroxylation sites is 1. The Morgan fingerprint density at radius 1 is 0.946 bits per heavy atom. The Balaban J connectivity index is 1.70. The first-order valence-corrected chi connectivity index (χ1v) is 12.0. The van der Waals surface area contributed by atoms with Crippen LogP contribution in [0.4, 0.5) is 5.69 Å². The van der Waals surface area contributed by atoms with Crippen LogP contribution in [0.1, 0.15) is 43.5 Å². The van der Waals surface area contributed by atoms with Crippen molar-refractivity contribution < 1.29 is 19.1 Å². The van der Waals surface area contributed by atoms with Gasteiger partial charge in [-0.2, -0.15) is 0 Å². The summed E-state index contributed by atoms with van der Waals surface area (Å²) < 4.78 is 5.53. The SMILES string of the molecule is CC(C)(C)OC(=O)[C@H](C(=O)N[C@H]1N=C(c2ccccc2)c2ccccc2NC1=O)C(N)c1ccccc1. The Kier molecular flexibility index (Phi) is 7.50. The van der Waals surface area contributed by atoms with Crippen LogP contribution in [0, 0.1) is 5.92 Å². The standard InChI is InChI=1S/C29H30N4O4/c1-29(2,3)37-28(36)22(23(30)18-12-6-4-7-13-18)26(34)33-25-27(35)31-21-17-11-10-16-20(21)24(32-25)19-14-8-5-9-15-19/h4-17,22-23,25H,30H2,1-3H3,(H,31,35)(H,33,34)/t22-,23?,25+/m0/s1. The van der Waals surface area contributed by atoms with E-state index in [2.05, 4.69) is 15.6 Å². The molecule has 4 rings (SSSR count). The molecule has 4 N–H and O–H groups in total. The van der Waals surface area contributed by atoms with E-state index in [0.29, 0.717) is 22.5 Å². The third-order valence-corrected chi connectivity index (χ3v) is 5.76. The van der Waals surface area contributed by atoms with E-state index < -0.39 is 41.5 Å². The maximum absolute atomic E-state index is 13.6. The third-order valence-electron chi connectivity index (χ3n) is 5.76. The highest BCUT2D eigenvalue weighted by molar-refractivity contribution is 6.20. The number of hydrogen-bond donors (Lipinski definition) is 3. The molecule has 1 heterocycles. The number of fused-ring (bicyclic) bond motifs is 1. The van der Waals surface area contributed by atoms with Gasteiger partial charge in [-0.15, -0.1) is 0 Å². The lowest BCUT2D eigenvalue weighted by molar-refractivity contribution is -0.163. The van der Waals surface area contributed by atoms with Crippen molar-refractivity contribution >= 4 is 29.2 Å². The molecule has 1 aliphatic heterocycles. The van der Waals surface area contributed by atoms with Gasteiger partial charge in [0.05, 0.1) is 17.4 Å². The molecule has 8 heteroatoms. The number of nitrogens with two attached hydrogens (primary N) is 1. The molecule has 1 aliphatic rings. The van der Waals surface area contributed by atoms with Gasteiger partial charge in [0.25, 0.3) is 5.91 Å². The number of amides is 2. The molecule has 0 saturated heterocycles. The van der Waals surface area contributed by atoms with E-state index in [1.165, 1.54) is 0 Å². The molecular weight excluding hydrogens is 468 g/mol. The zero-order valence-corrected chi connectivity index (χ0v) is 21.0. The van der Waals surface area contributed by atoms with Gasteiger partial charge in [0.1, 0.15) is 5.60 Å². The number of benzene rings is 3. The van der Waals surface area contributed by atoms with E-state index >= 15 is 0 Å². The molecule has 1 unspecified atom stereocenters. The van der Waals surface area contributed by atoms with Gasteiger partial charge in [-0.3, -0.25) is 14.4 Å². The number of nitrogens with one attached hydrogen (secondary N) is 2. The second-order valence-electron chi connectivity index (χ2n) is 9.74. The van der Waals surface area contributed by atoms with Crippen molar-refractivity contribution in [2.24, 2.45) is 16.6 Å². The fourth-order valence-electron chi connectivity index (χ4n) is 4.06. The van der Waals surface area contributed by atoms with Crippen LogP contribution in [-0.4, -0.2) is 35.3 Å². The zero-order valence-electron chi connectivity index (χ0n) is 21.0. The highest BCUT2D eigenvalue weighted by Crippen LogP contribution is 2.26. The molecule has 0 spiro atoms. The van der Waals surface area contributed by atoms with E-state index in [1.54, 1.807) is 57.2 Å². The van der Waals surface area contributed by atoms with Crippen LogP contribution >= 0.6 is 0 Å². The molecule has 0 fully saturated rings. The second-order valence-corrected chi connectivity index (χ2v) is 9.74. The lowest BCUT2D eigenvalue weighted by Crippen LogP contribution is -2.50. The summed E-state index contributed by atoms with van der Waals surface area (Å²) in [6.45, 7) is 5.13. The van der Waals surface area contributed by atoms with Crippen molar-refractivity contribution in [2.75, 3.05) is 5.32 Å². The summed E-state index contributed by atoms with van der Waals surface area (Å²) in [7, 11) is 0. The Bertz CT molecular complexity index is 1320. The summed E-state index contributed by atoms with van der Waals surface area (Å²) in [4.78, 5) is 44.6. The first kappa shape index (κ1) is 25.8. The van der Waals surface area contributed by atoms with Crippen molar-refractivity contribution in [1.82, 2.24) is 5.32 Å². The normalized spacial score (nSPS) is 16.8. The number of benzodiazepines with no additional fused rings is 1. The molecule has 3 atom stereocenters. The van der Waals surface area contributed by atoms with E-state index in [4.69, 9.17) is 10.5 Å². The average Bonchev–Trinajstić information content (AvgIpc) is 3.00. The minimum absolute atomic E-state index is 0.529. The first-order valence-electron chi connectivity index (χ1n) is 12.0. The van der Waals surface area contributed by atoms with Gasteiger partial charge in [0, 0.05) is 11.1 Å². The van der Waals surface area contributed by atoms with Crippen LogP contribution in [0.2, 0.25) is 0 Å². The predicted molar refractivity (Wildman–Crippen MR) is 142 cm³/mol. The quantitative estimate of drug-likeness (QED) is 0.354. The number of esters is 1. The topological polar surface area (TPSA) is 123 Å². The lowest BCUT2D eigenvalue weighted by atomic mass is 9.92. The Labute approximate surface area is 215 Å². The van der Waals surface area contributed by atoms with Crippen LogP contribution in [-0.2, 0) is 19.1 Å².